The van der Waals surface area contributed by atoms with Gasteiger partial charge < -0.3 is 15.5 Å². The predicted molar refractivity (Wildman–Crippen MR) is 107 cm³/mol. The molecule has 2 saturated heterocycles. The van der Waals surface area contributed by atoms with E-state index in [0.29, 0.717) is 37.2 Å². The molecule has 0 bridgehead atoms. The first kappa shape index (κ1) is 18.8. The van der Waals surface area contributed by atoms with Crippen LogP contribution in [0.2, 0.25) is 0 Å². The number of imide groups is 1. The monoisotopic (exact) mass is 396 g/mol. The van der Waals surface area contributed by atoms with E-state index >= 15 is 0 Å². The van der Waals surface area contributed by atoms with Crippen LogP contribution in [-0.4, -0.2) is 47.3 Å². The molecule has 3 N–H and O–H groups in total. The van der Waals surface area contributed by atoms with Gasteiger partial charge in [-0.15, -0.1) is 0 Å². The summed E-state index contributed by atoms with van der Waals surface area (Å²) in [7, 11) is 0. The number of nitrogens with one attached hydrogen (secondary N) is 3. The Balaban J connectivity index is 1.22. The molecular formula is C22H28N4O3. The summed E-state index contributed by atoms with van der Waals surface area (Å²) in [4.78, 5) is 38.2. The normalized spacial score (nSPS) is 31.2. The maximum absolute atomic E-state index is 12.9. The van der Waals surface area contributed by atoms with Crippen molar-refractivity contribution in [3.05, 3.63) is 34.9 Å². The summed E-state index contributed by atoms with van der Waals surface area (Å²) in [5, 5.41) is 9.69. The molecule has 154 valence electrons. The van der Waals surface area contributed by atoms with Gasteiger partial charge in [-0.2, -0.15) is 0 Å². The van der Waals surface area contributed by atoms with Crippen molar-refractivity contribution >= 4 is 17.7 Å². The lowest BCUT2D eigenvalue weighted by atomic mass is 10.0. The minimum Gasteiger partial charge on any atom is -0.322 e. The lowest BCUT2D eigenvalue weighted by Crippen LogP contribution is -2.52. The zero-order valence-electron chi connectivity index (χ0n) is 16.6. The van der Waals surface area contributed by atoms with Gasteiger partial charge in [-0.3, -0.25) is 19.7 Å². The molecule has 4 aliphatic rings. The van der Waals surface area contributed by atoms with Crippen molar-refractivity contribution in [2.75, 3.05) is 6.54 Å². The average Bonchev–Trinajstić information content (AvgIpc) is 3.37. The van der Waals surface area contributed by atoms with E-state index in [1.165, 1.54) is 25.7 Å². The quantitative estimate of drug-likeness (QED) is 0.648. The number of rotatable bonds is 5. The van der Waals surface area contributed by atoms with Crippen LogP contribution in [0.15, 0.2) is 18.2 Å². The van der Waals surface area contributed by atoms with Crippen LogP contribution in [0.1, 0.15) is 60.0 Å². The number of piperidine rings is 1. The van der Waals surface area contributed by atoms with Crippen LogP contribution >= 0.6 is 0 Å². The van der Waals surface area contributed by atoms with E-state index in [-0.39, 0.29) is 24.1 Å². The Bertz CT molecular complexity index is 842. The molecule has 0 spiro atoms. The third-order valence-electron chi connectivity index (χ3n) is 7.08. The Morgan fingerprint density at radius 2 is 2.03 bits per heavy atom. The molecule has 7 heteroatoms. The second-order valence-corrected chi connectivity index (χ2v) is 8.87. The standard InChI is InChI=1S/C22H28N4O3/c27-20-8-7-19(21(28)25-20)26-12-17-14(4-1-5-16(17)22(26)29)10-23-11-15-9-13-3-2-6-18(13)24-15/h1,4-5,13,15,18-19,23-24H,2-3,6-12H2,(H,25,27,28)/t13-,15-,18-,19?/m0/s1. The minimum atomic E-state index is -0.560. The predicted octanol–water partition coefficient (Wildman–Crippen LogP) is 1.07. The summed E-state index contributed by atoms with van der Waals surface area (Å²) < 4.78 is 0. The first-order chi connectivity index (χ1) is 14.1. The van der Waals surface area contributed by atoms with Crippen LogP contribution in [-0.2, 0) is 22.7 Å². The average molecular weight is 396 g/mol. The van der Waals surface area contributed by atoms with Crippen molar-refractivity contribution in [1.29, 1.82) is 0 Å². The number of carbonyl (C=O) groups excluding carboxylic acids is 3. The Kier molecular flexibility index (Phi) is 4.87. The molecule has 7 nitrogen and oxygen atoms in total. The fourth-order valence-electron chi connectivity index (χ4n) is 5.61. The van der Waals surface area contributed by atoms with Crippen molar-refractivity contribution < 1.29 is 14.4 Å². The summed E-state index contributed by atoms with van der Waals surface area (Å²) in [6, 6.07) is 6.50. The first-order valence-electron chi connectivity index (χ1n) is 10.8. The van der Waals surface area contributed by atoms with Crippen molar-refractivity contribution in [3.63, 3.8) is 0 Å². The second kappa shape index (κ2) is 7.54. The lowest BCUT2D eigenvalue weighted by Gasteiger charge is -2.29. The number of hydrogen-bond donors (Lipinski definition) is 3. The molecule has 0 radical (unpaired) electrons. The number of carbonyl (C=O) groups is 3. The van der Waals surface area contributed by atoms with Gasteiger partial charge in [0.25, 0.3) is 5.91 Å². The first-order valence-corrected chi connectivity index (χ1v) is 10.8. The van der Waals surface area contributed by atoms with E-state index in [4.69, 9.17) is 0 Å². The minimum absolute atomic E-state index is 0.110. The van der Waals surface area contributed by atoms with Gasteiger partial charge in [0, 0.05) is 43.7 Å². The third-order valence-corrected chi connectivity index (χ3v) is 7.08. The molecule has 3 fully saturated rings. The molecule has 0 aromatic heterocycles. The van der Waals surface area contributed by atoms with Crippen LogP contribution in [0, 0.1) is 5.92 Å². The van der Waals surface area contributed by atoms with E-state index in [9.17, 15) is 14.4 Å². The van der Waals surface area contributed by atoms with Crippen LogP contribution in [0.25, 0.3) is 0 Å². The van der Waals surface area contributed by atoms with Crippen LogP contribution in [0.3, 0.4) is 0 Å². The fourth-order valence-corrected chi connectivity index (χ4v) is 5.61. The van der Waals surface area contributed by atoms with Gasteiger partial charge in [0.15, 0.2) is 0 Å². The number of nitrogens with zero attached hydrogens (tertiary/aromatic N) is 1. The lowest BCUT2D eigenvalue weighted by molar-refractivity contribution is -0.136. The van der Waals surface area contributed by atoms with Crippen molar-refractivity contribution in [2.24, 2.45) is 5.92 Å². The zero-order valence-corrected chi connectivity index (χ0v) is 16.6. The van der Waals surface area contributed by atoms with Crippen molar-refractivity contribution in [3.8, 4) is 0 Å². The number of hydrogen-bond acceptors (Lipinski definition) is 5. The maximum Gasteiger partial charge on any atom is 0.255 e. The van der Waals surface area contributed by atoms with Gasteiger partial charge in [-0.25, -0.2) is 0 Å². The van der Waals surface area contributed by atoms with Crippen LogP contribution < -0.4 is 16.0 Å². The number of amides is 3. The number of fused-ring (bicyclic) bond motifs is 2. The summed E-state index contributed by atoms with van der Waals surface area (Å²) in [5.41, 5.74) is 2.80. The highest BCUT2D eigenvalue weighted by molar-refractivity contribution is 6.05. The second-order valence-electron chi connectivity index (χ2n) is 8.87. The van der Waals surface area contributed by atoms with Gasteiger partial charge >= 0.3 is 0 Å². The molecule has 1 unspecified atom stereocenters. The molecule has 4 atom stereocenters. The van der Waals surface area contributed by atoms with Crippen LogP contribution in [0.5, 0.6) is 0 Å². The topological polar surface area (TPSA) is 90.5 Å². The highest BCUT2D eigenvalue weighted by Crippen LogP contribution is 2.34. The summed E-state index contributed by atoms with van der Waals surface area (Å²) in [6.45, 7) is 2.08. The van der Waals surface area contributed by atoms with Crippen LogP contribution in [0.4, 0.5) is 0 Å². The smallest absolute Gasteiger partial charge is 0.255 e. The van der Waals surface area contributed by atoms with Crippen molar-refractivity contribution in [2.45, 2.75) is 69.7 Å². The fraction of sp³-hybridized carbons (Fsp3) is 0.591. The summed E-state index contributed by atoms with van der Waals surface area (Å²) in [5.74, 6) is 0.119. The highest BCUT2D eigenvalue weighted by Gasteiger charge is 2.40. The molecule has 1 saturated carbocycles. The van der Waals surface area contributed by atoms with E-state index in [1.807, 2.05) is 12.1 Å². The van der Waals surface area contributed by atoms with E-state index in [2.05, 4.69) is 22.0 Å². The molecule has 3 aliphatic heterocycles. The summed E-state index contributed by atoms with van der Waals surface area (Å²) >= 11 is 0. The Labute approximate surface area is 170 Å². The molecule has 3 amide bonds. The SMILES string of the molecule is O=C1CCC(N2Cc3c(CNC[C@@H]4C[C@@H]5CCC[C@@H]5N4)cccc3C2=O)C(=O)N1. The summed E-state index contributed by atoms with van der Waals surface area (Å²) in [6.07, 6.45) is 5.96. The van der Waals surface area contributed by atoms with E-state index in [0.717, 1.165) is 23.6 Å². The van der Waals surface area contributed by atoms with Gasteiger partial charge in [-0.1, -0.05) is 18.6 Å². The zero-order chi connectivity index (χ0) is 20.0. The Morgan fingerprint density at radius 1 is 1.14 bits per heavy atom. The molecule has 1 aliphatic carbocycles. The third kappa shape index (κ3) is 3.46. The molecular weight excluding hydrogens is 368 g/mol. The van der Waals surface area contributed by atoms with Crippen molar-refractivity contribution in [1.82, 2.24) is 20.9 Å². The van der Waals surface area contributed by atoms with Gasteiger partial charge in [-0.05, 0) is 48.8 Å². The molecule has 3 heterocycles. The maximum atomic E-state index is 12.9. The molecule has 1 aromatic carbocycles. The van der Waals surface area contributed by atoms with Gasteiger partial charge in [0.2, 0.25) is 11.8 Å². The molecule has 29 heavy (non-hydrogen) atoms. The number of benzene rings is 1. The highest BCUT2D eigenvalue weighted by atomic mass is 16.2. The Morgan fingerprint density at radius 3 is 2.86 bits per heavy atom. The Hall–Kier alpha value is -2.25. The van der Waals surface area contributed by atoms with Gasteiger partial charge in [0.1, 0.15) is 6.04 Å². The molecule has 1 aromatic rings. The van der Waals surface area contributed by atoms with E-state index in [1.54, 1.807) is 4.90 Å². The van der Waals surface area contributed by atoms with Gasteiger partial charge in [0.05, 0.1) is 0 Å². The molecule has 5 rings (SSSR count). The largest absolute Gasteiger partial charge is 0.322 e. The van der Waals surface area contributed by atoms with E-state index < -0.39 is 6.04 Å².